The number of ether oxygens (including phenoxy) is 1. The van der Waals surface area contributed by atoms with Gasteiger partial charge in [-0.3, -0.25) is 10.2 Å². The highest BCUT2D eigenvalue weighted by Crippen LogP contribution is 2.33. The lowest BCUT2D eigenvalue weighted by molar-refractivity contribution is 0.104. The number of nitrogens with one attached hydrogen (secondary N) is 4. The van der Waals surface area contributed by atoms with Crippen molar-refractivity contribution in [1.82, 2.24) is 14.2 Å². The summed E-state index contributed by atoms with van der Waals surface area (Å²) in [5, 5.41) is 24.5. The minimum atomic E-state index is -1.19. The second kappa shape index (κ2) is 10.6. The van der Waals surface area contributed by atoms with E-state index in [4.69, 9.17) is 10.1 Å². The molecule has 190 valence electrons. The van der Waals surface area contributed by atoms with Crippen molar-refractivity contribution >= 4 is 34.7 Å². The van der Waals surface area contributed by atoms with Crippen LogP contribution in [0.5, 0.6) is 0 Å². The van der Waals surface area contributed by atoms with Crippen molar-refractivity contribution in [3.05, 3.63) is 51.9 Å². The van der Waals surface area contributed by atoms with Crippen molar-refractivity contribution in [2.45, 2.75) is 43.2 Å². The second-order valence-electron chi connectivity index (χ2n) is 8.82. The lowest BCUT2D eigenvalue weighted by Crippen LogP contribution is -2.51. The number of pyridine rings is 1. The van der Waals surface area contributed by atoms with Crippen LogP contribution in [-0.4, -0.2) is 63.0 Å². The molecular formula is C24H29N7O4S. The van der Waals surface area contributed by atoms with Gasteiger partial charge >= 0.3 is 6.09 Å². The number of amidine groups is 1. The van der Waals surface area contributed by atoms with E-state index < -0.39 is 28.6 Å². The Morgan fingerprint density at radius 2 is 2.11 bits per heavy atom. The number of carbonyl (C=O) groups excluding carboxylic acids is 1. The molecule has 11 nitrogen and oxygen atoms in total. The number of hydrogen-bond acceptors (Lipinski definition) is 8. The smallest absolute Gasteiger partial charge is 0.409 e. The van der Waals surface area contributed by atoms with Crippen molar-refractivity contribution < 1.29 is 14.1 Å². The van der Waals surface area contributed by atoms with Crippen LogP contribution < -0.4 is 16.2 Å². The van der Waals surface area contributed by atoms with E-state index in [0.29, 0.717) is 50.4 Å². The predicted molar refractivity (Wildman–Crippen MR) is 136 cm³/mol. The topological polar surface area (TPSA) is 160 Å². The lowest BCUT2D eigenvalue weighted by Gasteiger charge is -2.41. The van der Waals surface area contributed by atoms with E-state index in [9.17, 15) is 19.4 Å². The third kappa shape index (κ3) is 5.04. The standard InChI is InChI=1S/C24H29N7O4S/c1-3-31-15-16-14-17(4-5-19(16)36(31)34)28-21(26)20-18(6-11-27-22(20)32)29-24(7-10-25)8-12-30(13-9-24)23(33)35-2/h4-6,11,14H,3,7-9,12-13,15H2,1-2H3,(H2,26,28)(H2,27,29,32). The molecule has 2 aliphatic rings. The molecule has 4 rings (SSSR count). The molecule has 1 atom stereocenters. The Morgan fingerprint density at radius 3 is 2.78 bits per heavy atom. The van der Waals surface area contributed by atoms with Crippen LogP contribution in [0.25, 0.3) is 0 Å². The first kappa shape index (κ1) is 25.6. The van der Waals surface area contributed by atoms with Gasteiger partial charge in [0.25, 0.3) is 5.56 Å². The van der Waals surface area contributed by atoms with Gasteiger partial charge in [0.05, 0.1) is 48.7 Å². The van der Waals surface area contributed by atoms with Crippen molar-refractivity contribution in [2.24, 2.45) is 0 Å². The summed E-state index contributed by atoms with van der Waals surface area (Å²) in [7, 11) is 1.33. The number of carbonyl (C=O) groups is 1. The number of benzene rings is 1. The number of aromatic nitrogens is 1. The Kier molecular flexibility index (Phi) is 7.53. The first-order valence-electron chi connectivity index (χ1n) is 11.7. The molecule has 0 spiro atoms. The number of likely N-dealkylation sites (tertiary alicyclic amines) is 1. The summed E-state index contributed by atoms with van der Waals surface area (Å²) >= 11 is -1.19. The second-order valence-corrected chi connectivity index (χ2v) is 10.3. The normalized spacial score (nSPS) is 18.7. The Hall–Kier alpha value is -3.53. The van der Waals surface area contributed by atoms with Crippen molar-refractivity contribution in [1.29, 1.82) is 10.7 Å². The average molecular weight is 512 g/mol. The number of hydrogen-bond donors (Lipinski definition) is 4. The van der Waals surface area contributed by atoms with Crippen LogP contribution in [0.1, 0.15) is 37.3 Å². The largest absolute Gasteiger partial charge is 0.593 e. The predicted octanol–water partition coefficient (Wildman–Crippen LogP) is 2.60. The van der Waals surface area contributed by atoms with E-state index in [-0.39, 0.29) is 17.8 Å². The summed E-state index contributed by atoms with van der Waals surface area (Å²) in [6.45, 7) is 3.98. The molecule has 0 bridgehead atoms. The van der Waals surface area contributed by atoms with Crippen LogP contribution in [0.3, 0.4) is 0 Å². The molecule has 0 radical (unpaired) electrons. The molecule has 1 unspecified atom stereocenters. The summed E-state index contributed by atoms with van der Waals surface area (Å²) in [4.78, 5) is 29.7. The number of methoxy groups -OCH3 is 1. The highest BCUT2D eigenvalue weighted by Gasteiger charge is 2.37. The number of piperidine rings is 1. The molecule has 3 heterocycles. The number of nitriles is 1. The molecule has 0 saturated carbocycles. The van der Waals surface area contributed by atoms with Crippen molar-refractivity contribution in [3.63, 3.8) is 0 Å². The molecule has 1 fully saturated rings. The van der Waals surface area contributed by atoms with Crippen LogP contribution >= 0.6 is 0 Å². The fourth-order valence-electron chi connectivity index (χ4n) is 4.63. The maximum atomic E-state index is 12.8. The summed E-state index contributed by atoms with van der Waals surface area (Å²) in [5.41, 5.74) is 0.959. The first-order chi connectivity index (χ1) is 17.3. The van der Waals surface area contributed by atoms with Gasteiger partial charge in [-0.25, -0.2) is 4.79 Å². The third-order valence-corrected chi connectivity index (χ3v) is 8.26. The molecule has 1 saturated heterocycles. The highest BCUT2D eigenvalue weighted by atomic mass is 32.2. The van der Waals surface area contributed by atoms with Crippen molar-refractivity contribution in [2.75, 3.05) is 37.4 Å². The Morgan fingerprint density at radius 1 is 1.36 bits per heavy atom. The average Bonchev–Trinajstić information content (AvgIpc) is 3.19. The van der Waals surface area contributed by atoms with Gasteiger partial charge in [0.15, 0.2) is 4.90 Å². The van der Waals surface area contributed by atoms with Gasteiger partial charge in [-0.15, -0.1) is 4.31 Å². The van der Waals surface area contributed by atoms with E-state index in [1.54, 1.807) is 23.1 Å². The Bertz CT molecular complexity index is 1250. The fraction of sp³-hybridized carbons (Fsp3) is 0.417. The number of anilines is 2. The van der Waals surface area contributed by atoms with Crippen molar-refractivity contribution in [3.8, 4) is 6.07 Å². The van der Waals surface area contributed by atoms with E-state index in [1.165, 1.54) is 13.3 Å². The molecule has 12 heteroatoms. The summed E-state index contributed by atoms with van der Waals surface area (Å²) in [5.74, 6) is -0.107. The zero-order valence-corrected chi connectivity index (χ0v) is 21.0. The number of H-pyrrole nitrogens is 1. The van der Waals surface area contributed by atoms with E-state index >= 15 is 0 Å². The van der Waals surface area contributed by atoms with E-state index in [0.717, 1.165) is 10.5 Å². The molecule has 2 aromatic rings. The molecule has 4 N–H and O–H groups in total. The first-order valence-corrected chi connectivity index (χ1v) is 12.8. The SMILES string of the molecule is CCN1Cc2cc(NC(=N)c3c(NC4(CC#N)CCN(C(=O)OC)CC4)cc[nH]c3=O)ccc2[S+]1[O-]. The van der Waals surface area contributed by atoms with Gasteiger partial charge in [0.2, 0.25) is 0 Å². The summed E-state index contributed by atoms with van der Waals surface area (Å²) in [6, 6.07) is 9.26. The number of aromatic amines is 1. The van der Waals surface area contributed by atoms with Gasteiger partial charge in [0, 0.05) is 37.1 Å². The molecule has 0 aliphatic carbocycles. The Labute approximate surface area is 212 Å². The molecule has 1 aromatic carbocycles. The van der Waals surface area contributed by atoms with Gasteiger partial charge in [-0.2, -0.15) is 5.26 Å². The van der Waals surface area contributed by atoms with E-state index in [1.807, 2.05) is 17.3 Å². The van der Waals surface area contributed by atoms with Crippen LogP contribution in [0, 0.1) is 16.7 Å². The lowest BCUT2D eigenvalue weighted by atomic mass is 9.84. The van der Waals surface area contributed by atoms with Gasteiger partial charge in [-0.1, -0.05) is 0 Å². The van der Waals surface area contributed by atoms with Crippen LogP contribution in [0.2, 0.25) is 0 Å². The molecular weight excluding hydrogens is 482 g/mol. The highest BCUT2D eigenvalue weighted by molar-refractivity contribution is 7.89. The minimum absolute atomic E-state index is 0.107. The Balaban J connectivity index is 1.56. The van der Waals surface area contributed by atoms with Crippen LogP contribution in [0.15, 0.2) is 40.2 Å². The third-order valence-electron chi connectivity index (χ3n) is 6.63. The van der Waals surface area contributed by atoms with Crippen LogP contribution in [0.4, 0.5) is 16.2 Å². The number of nitrogens with zero attached hydrogens (tertiary/aromatic N) is 3. The quantitative estimate of drug-likeness (QED) is 0.261. The zero-order valence-electron chi connectivity index (χ0n) is 20.2. The zero-order chi connectivity index (χ0) is 25.9. The molecule has 2 aliphatic heterocycles. The van der Waals surface area contributed by atoms with Gasteiger partial charge in [0.1, 0.15) is 11.4 Å². The molecule has 1 amide bonds. The van der Waals surface area contributed by atoms with Gasteiger partial charge < -0.3 is 29.8 Å². The molecule has 1 aromatic heterocycles. The monoisotopic (exact) mass is 511 g/mol. The molecule has 36 heavy (non-hydrogen) atoms. The summed E-state index contributed by atoms with van der Waals surface area (Å²) < 4.78 is 19.1. The van der Waals surface area contributed by atoms with Crippen LogP contribution in [-0.2, 0) is 22.6 Å². The number of rotatable bonds is 6. The maximum absolute atomic E-state index is 12.8. The number of amides is 1. The number of fused-ring (bicyclic) bond motifs is 1. The maximum Gasteiger partial charge on any atom is 0.409 e. The minimum Gasteiger partial charge on any atom is -0.593 e. The summed E-state index contributed by atoms with van der Waals surface area (Å²) in [6.07, 6.45) is 2.22. The van der Waals surface area contributed by atoms with E-state index in [2.05, 4.69) is 21.7 Å². The van der Waals surface area contributed by atoms with Gasteiger partial charge in [-0.05, 0) is 44.0 Å². The fourth-order valence-corrected chi connectivity index (χ4v) is 5.94.